The number of likely N-dealkylation sites (tertiary alicyclic amines) is 1. The lowest BCUT2D eigenvalue weighted by atomic mass is 10.1. The average molecular weight is 246 g/mol. The van der Waals surface area contributed by atoms with Crippen molar-refractivity contribution in [2.24, 2.45) is 0 Å². The summed E-state index contributed by atoms with van der Waals surface area (Å²) >= 11 is 0. The minimum Gasteiger partial charge on any atom is -0.349 e. The number of rotatable bonds is 2. The van der Waals surface area contributed by atoms with E-state index in [0.29, 0.717) is 12.5 Å². The van der Waals surface area contributed by atoms with Crippen LogP contribution in [0.25, 0.3) is 0 Å². The van der Waals surface area contributed by atoms with Crippen LogP contribution in [0.5, 0.6) is 0 Å². The van der Waals surface area contributed by atoms with Gasteiger partial charge in [-0.15, -0.1) is 5.10 Å². The van der Waals surface area contributed by atoms with Gasteiger partial charge < -0.3 is 9.80 Å². The van der Waals surface area contributed by atoms with Crippen LogP contribution in [0, 0.1) is 6.92 Å². The molecule has 2 fully saturated rings. The van der Waals surface area contributed by atoms with Crippen LogP contribution in [0.1, 0.15) is 25.5 Å². The van der Waals surface area contributed by atoms with E-state index in [4.69, 9.17) is 0 Å². The second-order valence-electron chi connectivity index (χ2n) is 5.03. The van der Waals surface area contributed by atoms with Gasteiger partial charge in [0.2, 0.25) is 5.91 Å². The minimum atomic E-state index is 0.275. The highest BCUT2D eigenvalue weighted by atomic mass is 16.2. The molecule has 5 nitrogen and oxygen atoms in total. The Labute approximate surface area is 107 Å². The number of hydrogen-bond acceptors (Lipinski definition) is 4. The Morgan fingerprint density at radius 1 is 1.33 bits per heavy atom. The van der Waals surface area contributed by atoms with Crippen molar-refractivity contribution in [3.63, 3.8) is 0 Å². The Bertz CT molecular complexity index is 459. The molecule has 3 heterocycles. The predicted molar refractivity (Wildman–Crippen MR) is 68.3 cm³/mol. The van der Waals surface area contributed by atoms with Crippen LogP contribution in [0.15, 0.2) is 12.1 Å². The van der Waals surface area contributed by atoms with Crippen LogP contribution in [-0.2, 0) is 4.79 Å². The fourth-order valence-electron chi connectivity index (χ4n) is 3.17. The zero-order valence-corrected chi connectivity index (χ0v) is 10.8. The Hall–Kier alpha value is -1.65. The van der Waals surface area contributed by atoms with Crippen molar-refractivity contribution >= 4 is 11.7 Å². The molecule has 0 unspecified atom stereocenters. The molecule has 1 aromatic rings. The number of amides is 1. The van der Waals surface area contributed by atoms with Gasteiger partial charge in [-0.2, -0.15) is 5.10 Å². The van der Waals surface area contributed by atoms with Gasteiger partial charge in [-0.1, -0.05) is 0 Å². The summed E-state index contributed by atoms with van der Waals surface area (Å²) in [6.07, 6.45) is 1.66. The summed E-state index contributed by atoms with van der Waals surface area (Å²) in [6.45, 7) is 5.76. The number of carbonyl (C=O) groups is 1. The maximum absolute atomic E-state index is 11.9. The van der Waals surface area contributed by atoms with Crippen molar-refractivity contribution in [1.82, 2.24) is 15.1 Å². The van der Waals surface area contributed by atoms with Gasteiger partial charge in [0.25, 0.3) is 0 Å². The number of carbonyl (C=O) groups excluding carboxylic acids is 1. The van der Waals surface area contributed by atoms with Crippen LogP contribution in [0.3, 0.4) is 0 Å². The molecule has 5 heteroatoms. The number of anilines is 1. The third-order valence-electron chi connectivity index (χ3n) is 4.03. The summed E-state index contributed by atoms with van der Waals surface area (Å²) in [5.41, 5.74) is 0.923. The summed E-state index contributed by atoms with van der Waals surface area (Å²) in [5, 5.41) is 8.35. The Balaban J connectivity index is 1.84. The molecule has 0 aliphatic carbocycles. The van der Waals surface area contributed by atoms with E-state index in [1.165, 1.54) is 0 Å². The second kappa shape index (κ2) is 4.23. The van der Waals surface area contributed by atoms with Gasteiger partial charge in [-0.25, -0.2) is 0 Å². The standard InChI is InChI=1S/C13H18N4O/c1-3-16-10-6-7-17(11(10)8-13(16)18)12-5-4-9(2)14-15-12/h4-5,10-11H,3,6-8H2,1-2H3/t10-,11+/m0/s1. The molecule has 96 valence electrons. The van der Waals surface area contributed by atoms with Crippen LogP contribution in [0.4, 0.5) is 5.82 Å². The van der Waals surface area contributed by atoms with Crippen molar-refractivity contribution in [2.75, 3.05) is 18.0 Å². The van der Waals surface area contributed by atoms with Crippen LogP contribution in [-0.4, -0.2) is 46.2 Å². The van der Waals surface area contributed by atoms with Crippen molar-refractivity contribution < 1.29 is 4.79 Å². The number of hydrogen-bond donors (Lipinski definition) is 0. The van der Waals surface area contributed by atoms with E-state index in [2.05, 4.69) is 22.0 Å². The van der Waals surface area contributed by atoms with Crippen LogP contribution < -0.4 is 4.90 Å². The van der Waals surface area contributed by atoms with Crippen molar-refractivity contribution in [3.05, 3.63) is 17.8 Å². The predicted octanol–water partition coefficient (Wildman–Crippen LogP) is 0.985. The number of aryl methyl sites for hydroxylation is 1. The molecule has 0 radical (unpaired) electrons. The summed E-state index contributed by atoms with van der Waals surface area (Å²) in [6, 6.07) is 4.63. The lowest BCUT2D eigenvalue weighted by molar-refractivity contribution is -0.128. The molecule has 2 saturated heterocycles. The van der Waals surface area contributed by atoms with Gasteiger partial charge in [0, 0.05) is 19.5 Å². The van der Waals surface area contributed by atoms with E-state index < -0.39 is 0 Å². The van der Waals surface area contributed by atoms with E-state index in [1.54, 1.807) is 0 Å². The summed E-state index contributed by atoms with van der Waals surface area (Å²) in [7, 11) is 0. The largest absolute Gasteiger partial charge is 0.349 e. The topological polar surface area (TPSA) is 49.3 Å². The molecule has 1 aromatic heterocycles. The van der Waals surface area contributed by atoms with E-state index in [9.17, 15) is 4.79 Å². The first-order valence-electron chi connectivity index (χ1n) is 6.57. The molecule has 0 bridgehead atoms. The third-order valence-corrected chi connectivity index (χ3v) is 4.03. The van der Waals surface area contributed by atoms with Gasteiger partial charge >= 0.3 is 0 Å². The van der Waals surface area contributed by atoms with Crippen molar-refractivity contribution in [2.45, 2.75) is 38.8 Å². The molecule has 1 amide bonds. The van der Waals surface area contributed by atoms with Gasteiger partial charge in [0.05, 0.1) is 17.8 Å². The lowest BCUT2D eigenvalue weighted by Crippen LogP contribution is -2.37. The normalized spacial score (nSPS) is 26.9. The number of fused-ring (bicyclic) bond motifs is 1. The van der Waals surface area contributed by atoms with Crippen LogP contribution in [0.2, 0.25) is 0 Å². The maximum Gasteiger partial charge on any atom is 0.225 e. The van der Waals surface area contributed by atoms with E-state index in [0.717, 1.165) is 31.0 Å². The Morgan fingerprint density at radius 3 is 2.83 bits per heavy atom. The monoisotopic (exact) mass is 246 g/mol. The first-order chi connectivity index (χ1) is 8.70. The van der Waals surface area contributed by atoms with Crippen molar-refractivity contribution in [3.8, 4) is 0 Å². The molecular formula is C13H18N4O. The second-order valence-corrected chi connectivity index (χ2v) is 5.03. The molecule has 0 N–H and O–H groups in total. The number of aromatic nitrogens is 2. The highest BCUT2D eigenvalue weighted by Gasteiger charge is 2.46. The molecule has 18 heavy (non-hydrogen) atoms. The van der Waals surface area contributed by atoms with E-state index in [-0.39, 0.29) is 11.9 Å². The highest BCUT2D eigenvalue weighted by molar-refractivity contribution is 5.81. The van der Waals surface area contributed by atoms with Crippen LogP contribution >= 0.6 is 0 Å². The Morgan fingerprint density at radius 2 is 2.17 bits per heavy atom. The maximum atomic E-state index is 11.9. The zero-order valence-electron chi connectivity index (χ0n) is 10.8. The van der Waals surface area contributed by atoms with Crippen molar-refractivity contribution in [1.29, 1.82) is 0 Å². The van der Waals surface area contributed by atoms with Gasteiger partial charge in [-0.3, -0.25) is 4.79 Å². The molecular weight excluding hydrogens is 228 g/mol. The summed E-state index contributed by atoms with van der Waals surface area (Å²) in [5.74, 6) is 1.18. The van der Waals surface area contributed by atoms with Gasteiger partial charge in [-0.05, 0) is 32.4 Å². The molecule has 0 saturated carbocycles. The molecule has 3 rings (SSSR count). The zero-order chi connectivity index (χ0) is 12.7. The third kappa shape index (κ3) is 1.65. The highest BCUT2D eigenvalue weighted by Crippen LogP contribution is 2.34. The molecule has 0 aromatic carbocycles. The van der Waals surface area contributed by atoms with Gasteiger partial charge in [0.1, 0.15) is 0 Å². The molecule has 2 aliphatic heterocycles. The smallest absolute Gasteiger partial charge is 0.225 e. The quantitative estimate of drug-likeness (QED) is 0.780. The van der Waals surface area contributed by atoms with Gasteiger partial charge in [0.15, 0.2) is 5.82 Å². The summed E-state index contributed by atoms with van der Waals surface area (Å²) in [4.78, 5) is 16.2. The SMILES string of the molecule is CCN1C(=O)C[C@@H]2[C@@H]1CCN2c1ccc(C)nn1. The first-order valence-corrected chi connectivity index (χ1v) is 6.57. The number of nitrogens with zero attached hydrogens (tertiary/aromatic N) is 4. The fraction of sp³-hybridized carbons (Fsp3) is 0.615. The number of likely N-dealkylation sites (N-methyl/N-ethyl adjacent to an activating group) is 1. The average Bonchev–Trinajstić information content (AvgIpc) is 2.88. The lowest BCUT2D eigenvalue weighted by Gasteiger charge is -2.24. The Kier molecular flexibility index (Phi) is 2.69. The van der Waals surface area contributed by atoms with E-state index in [1.807, 2.05) is 24.0 Å². The molecule has 2 atom stereocenters. The van der Waals surface area contributed by atoms with E-state index >= 15 is 0 Å². The first kappa shape index (κ1) is 11.4. The minimum absolute atomic E-state index is 0.275. The summed E-state index contributed by atoms with van der Waals surface area (Å²) < 4.78 is 0. The molecule has 2 aliphatic rings. The molecule has 0 spiro atoms. The fourth-order valence-corrected chi connectivity index (χ4v) is 3.17.